The predicted molar refractivity (Wildman–Crippen MR) is 78.8 cm³/mol. The Morgan fingerprint density at radius 1 is 1.19 bits per heavy atom. The van der Waals surface area contributed by atoms with E-state index >= 15 is 0 Å². The van der Waals surface area contributed by atoms with Gasteiger partial charge in [-0.05, 0) is 24.6 Å². The van der Waals surface area contributed by atoms with Crippen LogP contribution in [-0.2, 0) is 14.6 Å². The number of carbonyl (C=O) groups is 2. The lowest BCUT2D eigenvalue weighted by Gasteiger charge is -2.11. The van der Waals surface area contributed by atoms with E-state index in [0.29, 0.717) is 5.02 Å². The molecule has 0 aromatic heterocycles. The van der Waals surface area contributed by atoms with E-state index in [9.17, 15) is 18.0 Å². The smallest absolute Gasteiger partial charge is 0.271 e. The summed E-state index contributed by atoms with van der Waals surface area (Å²) in [5.74, 6) is -2.03. The van der Waals surface area contributed by atoms with Crippen LogP contribution >= 0.6 is 23.2 Å². The molecule has 2 amide bonds. The second-order valence-electron chi connectivity index (χ2n) is 4.67. The number of amides is 2. The fourth-order valence-electron chi connectivity index (χ4n) is 1.96. The van der Waals surface area contributed by atoms with E-state index in [1.54, 1.807) is 0 Å². The van der Waals surface area contributed by atoms with Gasteiger partial charge in [0, 0.05) is 5.02 Å². The molecule has 21 heavy (non-hydrogen) atoms. The molecule has 1 aromatic carbocycles. The molecule has 2 N–H and O–H groups in total. The van der Waals surface area contributed by atoms with E-state index in [1.165, 1.54) is 18.2 Å². The minimum atomic E-state index is -3.16. The lowest BCUT2D eigenvalue weighted by atomic mass is 10.1. The molecule has 0 unspecified atom stereocenters. The Hall–Kier alpha value is -1.31. The van der Waals surface area contributed by atoms with E-state index in [2.05, 4.69) is 10.9 Å². The number of rotatable bonds is 2. The van der Waals surface area contributed by atoms with Crippen molar-refractivity contribution in [1.29, 1.82) is 0 Å². The summed E-state index contributed by atoms with van der Waals surface area (Å²) in [4.78, 5) is 23.6. The van der Waals surface area contributed by atoms with Gasteiger partial charge in [-0.2, -0.15) is 0 Å². The van der Waals surface area contributed by atoms with Gasteiger partial charge in [0.1, 0.15) is 0 Å². The summed E-state index contributed by atoms with van der Waals surface area (Å²) in [6.07, 6.45) is 0.252. The summed E-state index contributed by atoms with van der Waals surface area (Å²) in [5.41, 5.74) is 4.51. The molecule has 1 fully saturated rings. The number of hydrazine groups is 1. The Labute approximate surface area is 131 Å². The number of carbonyl (C=O) groups excluding carboxylic acids is 2. The highest BCUT2D eigenvalue weighted by Crippen LogP contribution is 2.20. The van der Waals surface area contributed by atoms with Crippen LogP contribution in [0.4, 0.5) is 0 Å². The number of halogens is 2. The summed E-state index contributed by atoms with van der Waals surface area (Å²) in [6, 6.07) is 4.36. The third kappa shape index (κ3) is 4.09. The lowest BCUT2D eigenvalue weighted by Crippen LogP contribution is -2.44. The Morgan fingerprint density at radius 3 is 2.52 bits per heavy atom. The summed E-state index contributed by atoms with van der Waals surface area (Å²) in [6.45, 7) is 0. The zero-order valence-corrected chi connectivity index (χ0v) is 13.1. The van der Waals surface area contributed by atoms with Crippen molar-refractivity contribution in [1.82, 2.24) is 10.9 Å². The van der Waals surface area contributed by atoms with Gasteiger partial charge < -0.3 is 0 Å². The molecule has 0 spiro atoms. The van der Waals surface area contributed by atoms with Crippen molar-refractivity contribution >= 4 is 44.9 Å². The predicted octanol–water partition coefficient (Wildman–Crippen LogP) is 1.19. The van der Waals surface area contributed by atoms with Gasteiger partial charge in [-0.25, -0.2) is 8.42 Å². The molecule has 1 saturated heterocycles. The molecule has 1 atom stereocenters. The monoisotopic (exact) mass is 350 g/mol. The quantitative estimate of drug-likeness (QED) is 0.783. The zero-order chi connectivity index (χ0) is 15.6. The van der Waals surface area contributed by atoms with Crippen LogP contribution in [0, 0.1) is 5.92 Å². The summed E-state index contributed by atoms with van der Waals surface area (Å²) < 4.78 is 22.6. The van der Waals surface area contributed by atoms with Crippen LogP contribution in [0.2, 0.25) is 10.0 Å². The lowest BCUT2D eigenvalue weighted by molar-refractivity contribution is -0.125. The normalized spacial score (nSPS) is 20.0. The molecule has 6 nitrogen and oxygen atoms in total. The molecule has 0 saturated carbocycles. The SMILES string of the molecule is O=C(NNC(=O)[C@H]1CCS(=O)(=O)C1)c1cc(Cl)ccc1Cl. The number of sulfone groups is 1. The number of hydrogen-bond acceptors (Lipinski definition) is 4. The minimum absolute atomic E-state index is 0.0147. The maximum atomic E-state index is 11.9. The molecule has 0 aliphatic carbocycles. The molecule has 0 bridgehead atoms. The van der Waals surface area contributed by atoms with Gasteiger partial charge in [-0.3, -0.25) is 20.4 Å². The third-order valence-corrected chi connectivity index (χ3v) is 5.41. The van der Waals surface area contributed by atoms with Gasteiger partial charge >= 0.3 is 0 Å². The first-order valence-corrected chi connectivity index (χ1v) is 8.62. The van der Waals surface area contributed by atoms with Crippen molar-refractivity contribution in [2.45, 2.75) is 6.42 Å². The molecule has 0 radical (unpaired) electrons. The summed E-state index contributed by atoms with van der Waals surface area (Å²) in [5, 5.41) is 0.521. The van der Waals surface area contributed by atoms with Crippen molar-refractivity contribution in [3.05, 3.63) is 33.8 Å². The van der Waals surface area contributed by atoms with E-state index in [1.807, 2.05) is 0 Å². The molecule has 9 heteroatoms. The second kappa shape index (κ2) is 6.21. The molecule has 1 heterocycles. The van der Waals surface area contributed by atoms with E-state index in [4.69, 9.17) is 23.2 Å². The highest BCUT2D eigenvalue weighted by atomic mass is 35.5. The minimum Gasteiger partial charge on any atom is -0.273 e. The van der Waals surface area contributed by atoms with Crippen LogP contribution in [0.3, 0.4) is 0 Å². The largest absolute Gasteiger partial charge is 0.273 e. The Morgan fingerprint density at radius 2 is 1.90 bits per heavy atom. The maximum Gasteiger partial charge on any atom is 0.271 e. The molecule has 1 aromatic rings. The maximum absolute atomic E-state index is 11.9. The molecule has 1 aliphatic heterocycles. The van der Waals surface area contributed by atoms with Crippen molar-refractivity contribution in [2.24, 2.45) is 5.92 Å². The number of hydrogen-bond donors (Lipinski definition) is 2. The van der Waals surface area contributed by atoms with Crippen molar-refractivity contribution in [3.8, 4) is 0 Å². The molecular formula is C12H12Cl2N2O4S. The van der Waals surface area contributed by atoms with Crippen LogP contribution in [0.25, 0.3) is 0 Å². The van der Waals surface area contributed by atoms with Gasteiger partial charge in [0.05, 0.1) is 28.0 Å². The Kier molecular flexibility index (Phi) is 4.75. The second-order valence-corrected chi connectivity index (χ2v) is 7.74. The van der Waals surface area contributed by atoms with E-state index < -0.39 is 27.6 Å². The van der Waals surface area contributed by atoms with Gasteiger partial charge in [0.2, 0.25) is 5.91 Å². The first-order chi connectivity index (χ1) is 9.78. The zero-order valence-electron chi connectivity index (χ0n) is 10.7. The summed E-state index contributed by atoms with van der Waals surface area (Å²) >= 11 is 11.6. The van der Waals surface area contributed by atoms with Crippen LogP contribution in [0.5, 0.6) is 0 Å². The number of nitrogens with one attached hydrogen (secondary N) is 2. The average molecular weight is 351 g/mol. The van der Waals surface area contributed by atoms with E-state index in [0.717, 1.165) is 0 Å². The van der Waals surface area contributed by atoms with Crippen LogP contribution in [0.1, 0.15) is 16.8 Å². The number of benzene rings is 1. The summed E-state index contributed by atoms with van der Waals surface area (Å²) in [7, 11) is -3.16. The van der Waals surface area contributed by atoms with Gasteiger partial charge in [0.25, 0.3) is 5.91 Å². The van der Waals surface area contributed by atoms with Gasteiger partial charge in [0.15, 0.2) is 9.84 Å². The van der Waals surface area contributed by atoms with Crippen molar-refractivity contribution in [2.75, 3.05) is 11.5 Å². The molecular weight excluding hydrogens is 339 g/mol. The Bertz CT molecular complexity index is 690. The fraction of sp³-hybridized carbons (Fsp3) is 0.333. The fourth-order valence-corrected chi connectivity index (χ4v) is 4.08. The van der Waals surface area contributed by atoms with Crippen LogP contribution in [0.15, 0.2) is 18.2 Å². The van der Waals surface area contributed by atoms with Crippen molar-refractivity contribution < 1.29 is 18.0 Å². The first-order valence-electron chi connectivity index (χ1n) is 6.04. The highest BCUT2D eigenvalue weighted by molar-refractivity contribution is 7.91. The van der Waals surface area contributed by atoms with E-state index in [-0.39, 0.29) is 28.5 Å². The molecule has 114 valence electrons. The highest BCUT2D eigenvalue weighted by Gasteiger charge is 2.33. The average Bonchev–Trinajstić information content (AvgIpc) is 2.79. The van der Waals surface area contributed by atoms with Gasteiger partial charge in [-0.15, -0.1) is 0 Å². The van der Waals surface area contributed by atoms with Crippen LogP contribution < -0.4 is 10.9 Å². The third-order valence-electron chi connectivity index (χ3n) is 3.08. The van der Waals surface area contributed by atoms with Gasteiger partial charge in [-0.1, -0.05) is 23.2 Å². The molecule has 2 rings (SSSR count). The Balaban J connectivity index is 1.95. The standard InChI is InChI=1S/C12H12Cl2N2O4S/c13-8-1-2-10(14)9(5-8)12(18)16-15-11(17)7-3-4-21(19,20)6-7/h1-2,5,7H,3-4,6H2,(H,15,17)(H,16,18)/t7-/m0/s1. The van der Waals surface area contributed by atoms with Crippen LogP contribution in [-0.4, -0.2) is 31.7 Å². The first kappa shape index (κ1) is 16.1. The topological polar surface area (TPSA) is 92.3 Å². The molecule has 1 aliphatic rings. The van der Waals surface area contributed by atoms with Crippen molar-refractivity contribution in [3.63, 3.8) is 0 Å².